The molecule has 1 aromatic rings. The van der Waals surface area contributed by atoms with Crippen LogP contribution in [-0.2, 0) is 0 Å². The van der Waals surface area contributed by atoms with E-state index >= 15 is 0 Å². The fourth-order valence-corrected chi connectivity index (χ4v) is 1.78. The van der Waals surface area contributed by atoms with Gasteiger partial charge in [0.1, 0.15) is 0 Å². The van der Waals surface area contributed by atoms with Crippen LogP contribution in [0.5, 0.6) is 0 Å². The Morgan fingerprint density at radius 1 is 1.43 bits per heavy atom. The molecule has 14 heavy (non-hydrogen) atoms. The zero-order valence-electron chi connectivity index (χ0n) is 8.23. The first-order chi connectivity index (χ1) is 6.63. The molecular weight excluding hydrogens is 240 g/mol. The normalized spacial score (nSPS) is 9.07. The van der Waals surface area contributed by atoms with Crippen LogP contribution in [-0.4, -0.2) is 5.78 Å². The second-order valence-electron chi connectivity index (χ2n) is 3.04. The van der Waals surface area contributed by atoms with Gasteiger partial charge in [-0.3, -0.25) is 4.79 Å². The Balaban J connectivity index is 2.93. The van der Waals surface area contributed by atoms with Gasteiger partial charge in [-0.1, -0.05) is 21.9 Å². The Labute approximate surface area is 92.6 Å². The Bertz CT molecular complexity index is 390. The number of hydrogen-bond donors (Lipinski definition) is 0. The molecule has 0 saturated heterocycles. The van der Waals surface area contributed by atoms with Crippen molar-refractivity contribution in [2.45, 2.75) is 20.3 Å². The molecule has 0 N–H and O–H groups in total. The maximum Gasteiger partial charge on any atom is 0.174 e. The fourth-order valence-electron chi connectivity index (χ4n) is 1.17. The first-order valence-corrected chi connectivity index (χ1v) is 5.13. The maximum absolute atomic E-state index is 11.6. The minimum Gasteiger partial charge on any atom is -0.293 e. The molecule has 0 aliphatic rings. The van der Waals surface area contributed by atoms with Gasteiger partial charge in [0.2, 0.25) is 0 Å². The summed E-state index contributed by atoms with van der Waals surface area (Å²) in [4.78, 5) is 11.6. The van der Waals surface area contributed by atoms with Crippen molar-refractivity contribution in [3.05, 3.63) is 33.8 Å². The first kappa shape index (κ1) is 11.0. The lowest BCUT2D eigenvalue weighted by molar-refractivity contribution is 0.0998. The highest BCUT2D eigenvalue weighted by atomic mass is 79.9. The third-order valence-electron chi connectivity index (χ3n) is 1.79. The molecule has 0 aliphatic carbocycles. The van der Waals surface area contributed by atoms with Crippen molar-refractivity contribution in [2.75, 3.05) is 0 Å². The van der Waals surface area contributed by atoms with Crippen LogP contribution in [0.4, 0.5) is 0 Å². The van der Waals surface area contributed by atoms with Crippen molar-refractivity contribution < 1.29 is 4.79 Å². The number of hydrogen-bond acceptors (Lipinski definition) is 1. The Morgan fingerprint density at radius 2 is 2.14 bits per heavy atom. The average Bonchev–Trinajstić information content (AvgIpc) is 2.12. The van der Waals surface area contributed by atoms with Crippen molar-refractivity contribution in [1.82, 2.24) is 0 Å². The summed E-state index contributed by atoms with van der Waals surface area (Å²) >= 11 is 3.36. The number of rotatable bonds is 2. The zero-order chi connectivity index (χ0) is 10.6. The van der Waals surface area contributed by atoms with Gasteiger partial charge >= 0.3 is 0 Å². The lowest BCUT2D eigenvalue weighted by Crippen LogP contribution is -1.97. The second kappa shape index (κ2) is 4.97. The molecule has 0 spiro atoms. The molecule has 72 valence electrons. The largest absolute Gasteiger partial charge is 0.293 e. The highest BCUT2D eigenvalue weighted by Gasteiger charge is 2.05. The van der Waals surface area contributed by atoms with E-state index in [1.807, 2.05) is 25.1 Å². The lowest BCUT2D eigenvalue weighted by Gasteiger charge is -2.00. The van der Waals surface area contributed by atoms with E-state index < -0.39 is 0 Å². The number of carbonyl (C=O) groups is 1. The van der Waals surface area contributed by atoms with Crippen LogP contribution in [0.1, 0.15) is 29.3 Å². The summed E-state index contributed by atoms with van der Waals surface area (Å²) in [6.45, 7) is 3.70. The molecule has 0 unspecified atom stereocenters. The fraction of sp³-hybridized carbons (Fsp3) is 0.250. The number of benzene rings is 1. The van der Waals surface area contributed by atoms with Crippen molar-refractivity contribution >= 4 is 21.7 Å². The van der Waals surface area contributed by atoms with Gasteiger partial charge in [-0.2, -0.15) is 0 Å². The minimum absolute atomic E-state index is 0.0729. The smallest absolute Gasteiger partial charge is 0.174 e. The number of ketones is 1. The number of halogens is 1. The van der Waals surface area contributed by atoms with Crippen molar-refractivity contribution in [1.29, 1.82) is 0 Å². The number of carbonyl (C=O) groups excluding carboxylic acids is 1. The molecule has 2 heteroatoms. The molecule has 0 radical (unpaired) electrons. The molecule has 0 fully saturated rings. The second-order valence-corrected chi connectivity index (χ2v) is 3.96. The first-order valence-electron chi connectivity index (χ1n) is 4.33. The monoisotopic (exact) mass is 250 g/mol. The summed E-state index contributed by atoms with van der Waals surface area (Å²) in [6.07, 6.45) is 0.298. The van der Waals surface area contributed by atoms with Crippen LogP contribution in [0, 0.1) is 18.8 Å². The predicted molar refractivity (Wildman–Crippen MR) is 61.3 cm³/mol. The van der Waals surface area contributed by atoms with Crippen molar-refractivity contribution in [3.63, 3.8) is 0 Å². The molecule has 0 saturated carbocycles. The maximum atomic E-state index is 11.6. The van der Waals surface area contributed by atoms with Gasteiger partial charge < -0.3 is 0 Å². The Morgan fingerprint density at radius 3 is 2.71 bits per heavy atom. The highest BCUT2D eigenvalue weighted by Crippen LogP contribution is 2.16. The van der Waals surface area contributed by atoms with E-state index in [9.17, 15) is 4.79 Å². The molecule has 0 aliphatic heterocycles. The summed E-state index contributed by atoms with van der Waals surface area (Å²) in [5.41, 5.74) is 1.80. The number of aryl methyl sites for hydroxylation is 1. The Hall–Kier alpha value is -1.07. The van der Waals surface area contributed by atoms with Crippen LogP contribution >= 0.6 is 15.9 Å². The van der Waals surface area contributed by atoms with E-state index in [4.69, 9.17) is 0 Å². The Kier molecular flexibility index (Phi) is 3.91. The van der Waals surface area contributed by atoms with Gasteiger partial charge in [-0.25, -0.2) is 0 Å². The minimum atomic E-state index is 0.0729. The third-order valence-corrected chi connectivity index (χ3v) is 2.25. The van der Waals surface area contributed by atoms with Gasteiger partial charge in [0, 0.05) is 10.0 Å². The van der Waals surface area contributed by atoms with Crippen LogP contribution in [0.3, 0.4) is 0 Å². The van der Waals surface area contributed by atoms with Crippen LogP contribution in [0.2, 0.25) is 0 Å². The number of Topliss-reactive ketones (excluding diaryl/α,β-unsaturated/α-hetero) is 1. The van der Waals surface area contributed by atoms with Crippen molar-refractivity contribution in [2.24, 2.45) is 0 Å². The summed E-state index contributed by atoms with van der Waals surface area (Å²) in [6, 6.07) is 5.68. The predicted octanol–water partition coefficient (Wildman–Crippen LogP) is 3.35. The molecule has 0 atom stereocenters. The summed E-state index contributed by atoms with van der Waals surface area (Å²) in [5, 5.41) is 0. The van der Waals surface area contributed by atoms with E-state index in [0.717, 1.165) is 15.6 Å². The average molecular weight is 251 g/mol. The molecule has 0 aromatic heterocycles. The van der Waals surface area contributed by atoms with Crippen LogP contribution in [0.15, 0.2) is 22.7 Å². The zero-order valence-corrected chi connectivity index (χ0v) is 9.81. The van der Waals surface area contributed by atoms with Gasteiger partial charge in [0.15, 0.2) is 5.78 Å². The summed E-state index contributed by atoms with van der Waals surface area (Å²) < 4.78 is 0.935. The quantitative estimate of drug-likeness (QED) is 0.581. The SMILES string of the molecule is CC#CCC(=O)c1cc(C)cc(Br)c1. The van der Waals surface area contributed by atoms with Gasteiger partial charge in [-0.15, -0.1) is 5.92 Å². The highest BCUT2D eigenvalue weighted by molar-refractivity contribution is 9.10. The lowest BCUT2D eigenvalue weighted by atomic mass is 10.1. The van der Waals surface area contributed by atoms with Crippen molar-refractivity contribution in [3.8, 4) is 11.8 Å². The standard InChI is InChI=1S/C12H11BrO/c1-3-4-5-12(14)10-6-9(2)7-11(13)8-10/h6-8H,5H2,1-2H3. The molecule has 0 bridgehead atoms. The van der Waals surface area contributed by atoms with Gasteiger partial charge in [0.25, 0.3) is 0 Å². The molecule has 1 rings (SSSR count). The van der Waals surface area contributed by atoms with E-state index in [1.165, 1.54) is 0 Å². The molecule has 1 aromatic carbocycles. The molecule has 0 heterocycles. The van der Waals surface area contributed by atoms with E-state index in [2.05, 4.69) is 27.8 Å². The van der Waals surface area contributed by atoms with Gasteiger partial charge in [-0.05, 0) is 37.6 Å². The van der Waals surface area contributed by atoms with Gasteiger partial charge in [0.05, 0.1) is 6.42 Å². The van der Waals surface area contributed by atoms with E-state index in [0.29, 0.717) is 6.42 Å². The topological polar surface area (TPSA) is 17.1 Å². The van der Waals surface area contributed by atoms with Crippen LogP contribution in [0.25, 0.3) is 0 Å². The summed E-state index contributed by atoms with van der Waals surface area (Å²) in [7, 11) is 0. The van der Waals surface area contributed by atoms with E-state index in [-0.39, 0.29) is 5.78 Å². The van der Waals surface area contributed by atoms with E-state index in [1.54, 1.807) is 6.92 Å². The third kappa shape index (κ3) is 3.01. The molecule has 1 nitrogen and oxygen atoms in total. The van der Waals surface area contributed by atoms with Crippen LogP contribution < -0.4 is 0 Å². The molecule has 0 amide bonds. The molecular formula is C12H11BrO. The summed E-state index contributed by atoms with van der Waals surface area (Å²) in [5.74, 6) is 5.56.